The number of hydrogen-bond acceptors (Lipinski definition) is 1. The van der Waals surface area contributed by atoms with Gasteiger partial charge < -0.3 is 5.32 Å². The molecule has 0 aromatic heterocycles. The summed E-state index contributed by atoms with van der Waals surface area (Å²) in [6.45, 7) is 3.50. The summed E-state index contributed by atoms with van der Waals surface area (Å²) >= 11 is 6.10. The summed E-state index contributed by atoms with van der Waals surface area (Å²) in [4.78, 5) is 0. The van der Waals surface area contributed by atoms with Crippen LogP contribution in [0.15, 0.2) is 30.3 Å². The topological polar surface area (TPSA) is 12.0 Å². The van der Waals surface area contributed by atoms with Crippen molar-refractivity contribution in [2.75, 3.05) is 7.05 Å². The van der Waals surface area contributed by atoms with Gasteiger partial charge in [0.05, 0.1) is 6.04 Å². The highest BCUT2D eigenvalue weighted by Crippen LogP contribution is 2.30. The fourth-order valence-corrected chi connectivity index (χ4v) is 2.40. The smallest absolute Gasteiger partial charge is 0.134 e. The van der Waals surface area contributed by atoms with Crippen LogP contribution in [0.4, 0.5) is 8.78 Å². The zero-order chi connectivity index (χ0) is 14.9. The Morgan fingerprint density at radius 2 is 1.70 bits per heavy atom. The average Bonchev–Trinajstić information content (AvgIpc) is 2.42. The molecule has 0 aliphatic heterocycles. The van der Waals surface area contributed by atoms with Gasteiger partial charge in [-0.3, -0.25) is 0 Å². The second-order valence-corrected chi connectivity index (χ2v) is 5.23. The first kappa shape index (κ1) is 14.9. The van der Waals surface area contributed by atoms with E-state index in [-0.39, 0.29) is 5.56 Å². The molecule has 0 fully saturated rings. The van der Waals surface area contributed by atoms with Crippen LogP contribution in [0.2, 0.25) is 5.02 Å². The van der Waals surface area contributed by atoms with E-state index in [1.165, 1.54) is 12.1 Å². The van der Waals surface area contributed by atoms with E-state index in [2.05, 4.69) is 5.32 Å². The minimum absolute atomic E-state index is 0.0208. The average molecular weight is 296 g/mol. The third-order valence-corrected chi connectivity index (χ3v) is 3.83. The van der Waals surface area contributed by atoms with Crippen molar-refractivity contribution >= 4 is 11.6 Å². The van der Waals surface area contributed by atoms with Crippen molar-refractivity contribution < 1.29 is 8.78 Å². The molecule has 1 atom stereocenters. The lowest BCUT2D eigenvalue weighted by atomic mass is 9.95. The fraction of sp³-hybridized carbons (Fsp3) is 0.250. The van der Waals surface area contributed by atoms with Gasteiger partial charge in [-0.15, -0.1) is 0 Å². The highest BCUT2D eigenvalue weighted by atomic mass is 35.5. The van der Waals surface area contributed by atoms with Gasteiger partial charge in [0, 0.05) is 10.6 Å². The number of halogens is 3. The highest BCUT2D eigenvalue weighted by Gasteiger charge is 2.22. The Hall–Kier alpha value is -1.45. The molecule has 1 unspecified atom stereocenters. The van der Waals surface area contributed by atoms with Gasteiger partial charge in [0.25, 0.3) is 0 Å². The van der Waals surface area contributed by atoms with Crippen molar-refractivity contribution in [3.63, 3.8) is 0 Å². The maximum Gasteiger partial charge on any atom is 0.134 e. The van der Waals surface area contributed by atoms with Gasteiger partial charge in [0.1, 0.15) is 11.6 Å². The van der Waals surface area contributed by atoms with E-state index in [1.807, 2.05) is 19.1 Å². The third kappa shape index (κ3) is 2.69. The first-order chi connectivity index (χ1) is 9.45. The summed E-state index contributed by atoms with van der Waals surface area (Å²) in [6.07, 6.45) is 0. The van der Waals surface area contributed by atoms with Crippen LogP contribution < -0.4 is 5.32 Å². The van der Waals surface area contributed by atoms with Gasteiger partial charge in [0.2, 0.25) is 0 Å². The Balaban J connectivity index is 2.58. The molecule has 4 heteroatoms. The Morgan fingerprint density at radius 1 is 1.05 bits per heavy atom. The molecule has 0 spiro atoms. The molecule has 20 heavy (non-hydrogen) atoms. The van der Waals surface area contributed by atoms with E-state index in [0.717, 1.165) is 11.1 Å². The summed E-state index contributed by atoms with van der Waals surface area (Å²) in [6, 6.07) is 7.54. The largest absolute Gasteiger partial charge is 0.309 e. The third-order valence-electron chi connectivity index (χ3n) is 3.43. The second kappa shape index (κ2) is 5.90. The lowest BCUT2D eigenvalue weighted by Crippen LogP contribution is -2.21. The summed E-state index contributed by atoms with van der Waals surface area (Å²) in [5.74, 6) is -1.09. The van der Waals surface area contributed by atoms with Crippen molar-refractivity contribution in [1.82, 2.24) is 5.32 Å². The molecule has 0 bridgehead atoms. The van der Waals surface area contributed by atoms with Crippen LogP contribution in [-0.4, -0.2) is 7.05 Å². The summed E-state index contributed by atoms with van der Waals surface area (Å²) in [7, 11) is 1.67. The molecular formula is C16H16ClF2N. The van der Waals surface area contributed by atoms with Crippen molar-refractivity contribution in [2.24, 2.45) is 0 Å². The van der Waals surface area contributed by atoms with Gasteiger partial charge in [-0.25, -0.2) is 8.78 Å². The summed E-state index contributed by atoms with van der Waals surface area (Å²) in [5.41, 5.74) is 2.09. The van der Waals surface area contributed by atoms with E-state index >= 15 is 0 Å². The number of hydrogen-bond donors (Lipinski definition) is 1. The molecule has 0 amide bonds. The lowest BCUT2D eigenvalue weighted by molar-refractivity contribution is 0.517. The summed E-state index contributed by atoms with van der Waals surface area (Å²) in [5, 5.41) is 3.53. The molecule has 1 N–H and O–H groups in total. The Bertz CT molecular complexity index is 641. The molecule has 2 aromatic carbocycles. The predicted molar refractivity (Wildman–Crippen MR) is 78.2 cm³/mol. The molecule has 0 aliphatic rings. The van der Waals surface area contributed by atoms with Crippen LogP contribution in [-0.2, 0) is 0 Å². The van der Waals surface area contributed by atoms with Crippen molar-refractivity contribution in [3.05, 3.63) is 69.2 Å². The van der Waals surface area contributed by atoms with E-state index in [4.69, 9.17) is 11.6 Å². The van der Waals surface area contributed by atoms with E-state index in [9.17, 15) is 8.78 Å². The van der Waals surface area contributed by atoms with Gasteiger partial charge in [-0.2, -0.15) is 0 Å². The first-order valence-electron chi connectivity index (χ1n) is 6.33. The quantitative estimate of drug-likeness (QED) is 0.876. The van der Waals surface area contributed by atoms with Crippen molar-refractivity contribution in [1.29, 1.82) is 0 Å². The molecule has 0 saturated heterocycles. The van der Waals surface area contributed by atoms with Crippen LogP contribution in [0.3, 0.4) is 0 Å². The molecule has 2 aromatic rings. The Labute approximate surface area is 122 Å². The summed E-state index contributed by atoms with van der Waals surface area (Å²) < 4.78 is 28.3. The van der Waals surface area contributed by atoms with Gasteiger partial charge in [-0.1, -0.05) is 29.8 Å². The molecule has 0 heterocycles. The van der Waals surface area contributed by atoms with E-state index in [0.29, 0.717) is 10.6 Å². The van der Waals surface area contributed by atoms with Crippen LogP contribution in [0.25, 0.3) is 0 Å². The molecular weight excluding hydrogens is 280 g/mol. The minimum Gasteiger partial charge on any atom is -0.309 e. The van der Waals surface area contributed by atoms with Crippen LogP contribution in [0, 0.1) is 25.5 Å². The van der Waals surface area contributed by atoms with Crippen molar-refractivity contribution in [2.45, 2.75) is 19.9 Å². The minimum atomic E-state index is -0.576. The molecule has 106 valence electrons. The number of aryl methyl sites for hydroxylation is 2. The molecule has 0 aliphatic carbocycles. The molecule has 0 radical (unpaired) electrons. The molecule has 2 rings (SSSR count). The first-order valence-corrected chi connectivity index (χ1v) is 6.71. The van der Waals surface area contributed by atoms with Gasteiger partial charge in [-0.05, 0) is 49.7 Å². The van der Waals surface area contributed by atoms with Crippen molar-refractivity contribution in [3.8, 4) is 0 Å². The maximum atomic E-state index is 14.3. The second-order valence-electron chi connectivity index (χ2n) is 4.82. The van der Waals surface area contributed by atoms with Gasteiger partial charge in [0.15, 0.2) is 0 Å². The Morgan fingerprint density at radius 3 is 2.30 bits per heavy atom. The van der Waals surface area contributed by atoms with E-state index in [1.54, 1.807) is 20.0 Å². The maximum absolute atomic E-state index is 14.3. The fourth-order valence-electron chi connectivity index (χ4n) is 2.21. The van der Waals surface area contributed by atoms with Crippen LogP contribution in [0.5, 0.6) is 0 Å². The molecule has 0 saturated carbocycles. The highest BCUT2D eigenvalue weighted by molar-refractivity contribution is 6.31. The van der Waals surface area contributed by atoms with Gasteiger partial charge >= 0.3 is 0 Å². The monoisotopic (exact) mass is 295 g/mol. The van der Waals surface area contributed by atoms with E-state index < -0.39 is 17.7 Å². The normalized spacial score (nSPS) is 12.5. The van der Waals surface area contributed by atoms with Crippen LogP contribution >= 0.6 is 11.6 Å². The predicted octanol–water partition coefficient (Wildman–Crippen LogP) is 4.54. The zero-order valence-electron chi connectivity index (χ0n) is 11.6. The zero-order valence-corrected chi connectivity index (χ0v) is 12.4. The molecule has 1 nitrogen and oxygen atoms in total. The Kier molecular flexibility index (Phi) is 4.41. The lowest BCUT2D eigenvalue weighted by Gasteiger charge is -2.20. The SMILES string of the molecule is CNC(c1ccc(C)c(Cl)c1)c1c(F)ccc(C)c1F. The standard InChI is InChI=1S/C16H16ClF2N/c1-9-4-6-11(8-12(9)17)16(20-3)14-13(18)7-5-10(2)15(14)19/h4-8,16,20H,1-3H3. The van der Waals surface area contributed by atoms with Crippen LogP contribution in [0.1, 0.15) is 28.3 Å². The number of benzene rings is 2. The number of nitrogens with one attached hydrogen (secondary N) is 1. The number of rotatable bonds is 3.